The summed E-state index contributed by atoms with van der Waals surface area (Å²) in [4.78, 5) is 19.3. The van der Waals surface area contributed by atoms with Crippen LogP contribution in [0.25, 0.3) is 10.5 Å². The molecule has 150 valence electrons. The molecule has 0 radical (unpaired) electrons. The topological polar surface area (TPSA) is 107 Å². The summed E-state index contributed by atoms with van der Waals surface area (Å²) in [5.74, 6) is 1.53. The van der Waals surface area contributed by atoms with Crippen LogP contribution in [-0.2, 0) is 24.2 Å². The number of hydrogen-bond donors (Lipinski definition) is 2. The number of Topliss-reactive ketones (excluding diaryl/α,β-unsaturated/α-hetero) is 1. The summed E-state index contributed by atoms with van der Waals surface area (Å²) >= 11 is 0. The van der Waals surface area contributed by atoms with E-state index in [1.165, 1.54) is 0 Å². The summed E-state index contributed by atoms with van der Waals surface area (Å²) in [6.07, 6.45) is 4.77. The number of ketones is 1. The third kappa shape index (κ3) is 3.53. The second kappa shape index (κ2) is 7.54. The Morgan fingerprint density at radius 2 is 2.17 bits per heavy atom. The van der Waals surface area contributed by atoms with Gasteiger partial charge in [0.2, 0.25) is 0 Å². The van der Waals surface area contributed by atoms with Gasteiger partial charge in [-0.3, -0.25) is 9.48 Å². The van der Waals surface area contributed by atoms with Crippen molar-refractivity contribution < 1.29 is 4.79 Å². The molecular formula is C20H24N8O. The number of carbonyl (C=O) groups is 1. The Kier molecular flexibility index (Phi) is 4.92. The molecule has 1 aliphatic rings. The van der Waals surface area contributed by atoms with Gasteiger partial charge in [-0.2, -0.15) is 10.2 Å². The first-order chi connectivity index (χ1) is 14.0. The monoisotopic (exact) mass is 392 g/mol. The molecule has 0 aliphatic heterocycles. The van der Waals surface area contributed by atoms with Gasteiger partial charge in [0.15, 0.2) is 5.65 Å². The zero-order valence-electron chi connectivity index (χ0n) is 16.6. The van der Waals surface area contributed by atoms with Gasteiger partial charge in [-0.25, -0.2) is 14.3 Å². The van der Waals surface area contributed by atoms with Crippen LogP contribution >= 0.6 is 0 Å². The standard InChI is InChI=1S/C20H24N8O/c1-4-16-12(2)25-28-18(21)17(22-3)19(24-20(16)28)23-7-5-14-6-8-27(26-14)11-13-9-15(29)10-13/h6,8,13H,4-5,7,9-11,21H2,1-2H3,(H,23,24). The van der Waals surface area contributed by atoms with Crippen molar-refractivity contribution >= 4 is 28.8 Å². The van der Waals surface area contributed by atoms with Crippen molar-refractivity contribution in [2.75, 3.05) is 17.6 Å². The van der Waals surface area contributed by atoms with Crippen LogP contribution < -0.4 is 11.1 Å². The van der Waals surface area contributed by atoms with Crippen LogP contribution in [0.5, 0.6) is 0 Å². The zero-order valence-corrected chi connectivity index (χ0v) is 16.6. The highest BCUT2D eigenvalue weighted by Crippen LogP contribution is 2.32. The Bertz CT molecular complexity index is 1110. The summed E-state index contributed by atoms with van der Waals surface area (Å²) in [7, 11) is 0. The molecule has 1 saturated carbocycles. The maximum absolute atomic E-state index is 11.1. The Morgan fingerprint density at radius 1 is 1.38 bits per heavy atom. The van der Waals surface area contributed by atoms with Gasteiger partial charge in [0.25, 0.3) is 5.69 Å². The van der Waals surface area contributed by atoms with Crippen LogP contribution in [0.15, 0.2) is 12.3 Å². The van der Waals surface area contributed by atoms with E-state index in [9.17, 15) is 4.79 Å². The van der Waals surface area contributed by atoms with E-state index in [0.29, 0.717) is 54.8 Å². The Morgan fingerprint density at radius 3 is 2.86 bits per heavy atom. The molecule has 0 bridgehead atoms. The predicted molar refractivity (Wildman–Crippen MR) is 110 cm³/mol. The first-order valence-electron chi connectivity index (χ1n) is 9.83. The van der Waals surface area contributed by atoms with Gasteiger partial charge < -0.3 is 11.1 Å². The molecule has 4 rings (SSSR count). The SMILES string of the molecule is [C-]#[N+]c1c(NCCc2ccn(CC3CC(=O)C3)n2)nc2c(CC)c(C)nn2c1N. The molecule has 0 amide bonds. The maximum Gasteiger partial charge on any atom is 0.268 e. The second-order valence-corrected chi connectivity index (χ2v) is 7.48. The summed E-state index contributed by atoms with van der Waals surface area (Å²) in [6.45, 7) is 12.8. The van der Waals surface area contributed by atoms with E-state index >= 15 is 0 Å². The average molecular weight is 392 g/mol. The molecule has 3 aromatic heterocycles. The third-order valence-corrected chi connectivity index (χ3v) is 5.38. The normalized spacial score (nSPS) is 14.2. The molecule has 9 nitrogen and oxygen atoms in total. The first kappa shape index (κ1) is 18.9. The highest BCUT2D eigenvalue weighted by atomic mass is 16.1. The molecule has 29 heavy (non-hydrogen) atoms. The van der Waals surface area contributed by atoms with E-state index in [2.05, 4.69) is 25.3 Å². The molecule has 0 aromatic carbocycles. The van der Waals surface area contributed by atoms with Gasteiger partial charge in [-0.15, -0.1) is 0 Å². The lowest BCUT2D eigenvalue weighted by Gasteiger charge is -2.23. The molecular weight excluding hydrogens is 368 g/mol. The second-order valence-electron chi connectivity index (χ2n) is 7.48. The number of hydrogen-bond acceptors (Lipinski definition) is 6. The lowest BCUT2D eigenvalue weighted by molar-refractivity contribution is -0.127. The number of nitrogens with one attached hydrogen (secondary N) is 1. The van der Waals surface area contributed by atoms with Crippen LogP contribution in [0, 0.1) is 19.4 Å². The number of carbonyl (C=O) groups excluding carboxylic acids is 1. The summed E-state index contributed by atoms with van der Waals surface area (Å²) in [5, 5.41) is 12.2. The smallest absolute Gasteiger partial charge is 0.268 e. The average Bonchev–Trinajstić information content (AvgIpc) is 3.24. The fourth-order valence-corrected chi connectivity index (χ4v) is 3.78. The molecule has 0 atom stereocenters. The lowest BCUT2D eigenvalue weighted by Crippen LogP contribution is -2.27. The number of nitrogens with two attached hydrogens (primary N) is 1. The quantitative estimate of drug-likeness (QED) is 0.599. The zero-order chi connectivity index (χ0) is 20.5. The van der Waals surface area contributed by atoms with E-state index in [-0.39, 0.29) is 5.69 Å². The van der Waals surface area contributed by atoms with Gasteiger partial charge in [0.05, 0.1) is 18.0 Å². The minimum atomic E-state index is 0.280. The highest BCUT2D eigenvalue weighted by molar-refractivity contribution is 5.84. The van der Waals surface area contributed by atoms with Crippen LogP contribution in [-0.4, -0.2) is 36.7 Å². The Labute approximate surface area is 168 Å². The summed E-state index contributed by atoms with van der Waals surface area (Å²) in [5.41, 5.74) is 10.0. The Balaban J connectivity index is 1.46. The molecule has 9 heteroatoms. The minimum absolute atomic E-state index is 0.280. The van der Waals surface area contributed by atoms with E-state index < -0.39 is 0 Å². The van der Waals surface area contributed by atoms with Crippen molar-refractivity contribution in [3.8, 4) is 0 Å². The van der Waals surface area contributed by atoms with Crippen molar-refractivity contribution in [2.45, 2.75) is 46.1 Å². The van der Waals surface area contributed by atoms with E-state index in [4.69, 9.17) is 12.3 Å². The van der Waals surface area contributed by atoms with Gasteiger partial charge in [0.1, 0.15) is 17.4 Å². The first-order valence-corrected chi connectivity index (χ1v) is 9.83. The van der Waals surface area contributed by atoms with Gasteiger partial charge >= 0.3 is 0 Å². The molecule has 0 unspecified atom stereocenters. The predicted octanol–water partition coefficient (Wildman–Crippen LogP) is 2.56. The molecule has 1 fully saturated rings. The molecule has 3 heterocycles. The number of nitrogen functional groups attached to an aromatic ring is 1. The van der Waals surface area contributed by atoms with E-state index in [1.54, 1.807) is 4.52 Å². The van der Waals surface area contributed by atoms with Crippen molar-refractivity contribution in [3.63, 3.8) is 0 Å². The summed E-state index contributed by atoms with van der Waals surface area (Å²) in [6, 6.07) is 1.98. The third-order valence-electron chi connectivity index (χ3n) is 5.38. The largest absolute Gasteiger partial charge is 0.392 e. The van der Waals surface area contributed by atoms with Crippen LogP contribution in [0.1, 0.15) is 36.7 Å². The van der Waals surface area contributed by atoms with Crippen LogP contribution in [0.3, 0.4) is 0 Å². The molecule has 3 N–H and O–H groups in total. The highest BCUT2D eigenvalue weighted by Gasteiger charge is 2.26. The molecule has 0 spiro atoms. The van der Waals surface area contributed by atoms with Crippen molar-refractivity contribution in [1.29, 1.82) is 0 Å². The lowest BCUT2D eigenvalue weighted by atomic mass is 9.84. The fourth-order valence-electron chi connectivity index (χ4n) is 3.78. The van der Waals surface area contributed by atoms with Crippen LogP contribution in [0.4, 0.5) is 17.3 Å². The van der Waals surface area contributed by atoms with Crippen molar-refractivity contribution in [1.82, 2.24) is 24.4 Å². The van der Waals surface area contributed by atoms with Gasteiger partial charge in [0, 0.05) is 44.1 Å². The van der Waals surface area contributed by atoms with Gasteiger partial charge in [-0.05, 0) is 25.3 Å². The van der Waals surface area contributed by atoms with E-state index in [1.807, 2.05) is 30.8 Å². The number of aromatic nitrogens is 5. The number of aryl methyl sites for hydroxylation is 2. The molecule has 1 aliphatic carbocycles. The number of nitrogens with zero attached hydrogens (tertiary/aromatic N) is 6. The minimum Gasteiger partial charge on any atom is -0.392 e. The van der Waals surface area contributed by atoms with Crippen molar-refractivity contribution in [2.24, 2.45) is 5.92 Å². The van der Waals surface area contributed by atoms with Crippen molar-refractivity contribution in [3.05, 3.63) is 40.6 Å². The van der Waals surface area contributed by atoms with E-state index in [0.717, 1.165) is 29.9 Å². The van der Waals surface area contributed by atoms with Crippen LogP contribution in [0.2, 0.25) is 0 Å². The molecule has 3 aromatic rings. The fraction of sp³-hybridized carbons (Fsp3) is 0.450. The number of anilines is 2. The number of fused-ring (bicyclic) bond motifs is 1. The van der Waals surface area contributed by atoms with Gasteiger partial charge in [-0.1, -0.05) is 6.92 Å². The Hall–Kier alpha value is -3.41. The number of rotatable bonds is 7. The molecule has 0 saturated heterocycles. The summed E-state index contributed by atoms with van der Waals surface area (Å²) < 4.78 is 3.46. The maximum atomic E-state index is 11.1.